The van der Waals surface area contributed by atoms with Crippen LogP contribution in [0.25, 0.3) is 0 Å². The molecule has 0 aliphatic carbocycles. The maximum absolute atomic E-state index is 2.45. The third kappa shape index (κ3) is 9.84. The zero-order valence-corrected chi connectivity index (χ0v) is 16.4. The summed E-state index contributed by atoms with van der Waals surface area (Å²) < 4.78 is 0. The van der Waals surface area contributed by atoms with Crippen LogP contribution < -0.4 is 0 Å². The number of hydrogen-bond acceptors (Lipinski definition) is 0. The molecule has 0 heteroatoms. The van der Waals surface area contributed by atoms with E-state index in [0.717, 1.165) is 17.8 Å². The second-order valence-electron chi connectivity index (χ2n) is 8.36. The Labute approximate surface area is 146 Å². The molecule has 0 aromatic heterocycles. The number of rotatable bonds is 12. The zero-order chi connectivity index (χ0) is 17.1. The van der Waals surface area contributed by atoms with Gasteiger partial charge in [0, 0.05) is 0 Å². The van der Waals surface area contributed by atoms with Crippen molar-refractivity contribution in [1.82, 2.24) is 0 Å². The Morgan fingerprint density at radius 3 is 1.70 bits per heavy atom. The molecule has 0 saturated heterocycles. The van der Waals surface area contributed by atoms with Gasteiger partial charge in [0.05, 0.1) is 0 Å². The largest absolute Gasteiger partial charge is 0.0628 e. The summed E-state index contributed by atoms with van der Waals surface area (Å²) in [4.78, 5) is 0. The van der Waals surface area contributed by atoms with Gasteiger partial charge in [-0.1, -0.05) is 110 Å². The summed E-state index contributed by atoms with van der Waals surface area (Å²) in [5.74, 6) is 3.37. The van der Waals surface area contributed by atoms with E-state index in [1.54, 1.807) is 0 Å². The highest BCUT2D eigenvalue weighted by atomic mass is 14.2. The van der Waals surface area contributed by atoms with Gasteiger partial charge in [-0.05, 0) is 35.7 Å². The Balaban J connectivity index is 2.09. The molecular formula is C23H40. The molecule has 0 nitrogen and oxygen atoms in total. The van der Waals surface area contributed by atoms with E-state index >= 15 is 0 Å². The third-order valence-electron chi connectivity index (χ3n) is 5.33. The maximum atomic E-state index is 2.45. The lowest BCUT2D eigenvalue weighted by Gasteiger charge is -2.17. The molecule has 3 atom stereocenters. The van der Waals surface area contributed by atoms with E-state index in [2.05, 4.69) is 65.0 Å². The first-order valence-electron chi connectivity index (χ1n) is 10.0. The summed E-state index contributed by atoms with van der Waals surface area (Å²) in [6, 6.07) is 11.0. The van der Waals surface area contributed by atoms with E-state index < -0.39 is 0 Å². The SMILES string of the molecule is CC(C)CCCC(C)CCCC(C)CCC(C)c1ccccc1. The average Bonchev–Trinajstić information content (AvgIpc) is 2.53. The molecular weight excluding hydrogens is 276 g/mol. The van der Waals surface area contributed by atoms with E-state index in [1.807, 2.05) is 0 Å². The van der Waals surface area contributed by atoms with Gasteiger partial charge in [-0.2, -0.15) is 0 Å². The van der Waals surface area contributed by atoms with Crippen LogP contribution >= 0.6 is 0 Å². The van der Waals surface area contributed by atoms with E-state index in [-0.39, 0.29) is 0 Å². The van der Waals surface area contributed by atoms with Crippen molar-refractivity contribution in [2.45, 2.75) is 91.9 Å². The molecule has 0 heterocycles. The van der Waals surface area contributed by atoms with Crippen molar-refractivity contribution in [3.05, 3.63) is 35.9 Å². The Morgan fingerprint density at radius 2 is 1.13 bits per heavy atom. The molecule has 0 saturated carbocycles. The molecule has 0 aliphatic rings. The lowest BCUT2D eigenvalue weighted by molar-refractivity contribution is 0.384. The Hall–Kier alpha value is -0.780. The maximum Gasteiger partial charge on any atom is -0.0190 e. The predicted molar refractivity (Wildman–Crippen MR) is 105 cm³/mol. The van der Waals surface area contributed by atoms with Gasteiger partial charge in [0.2, 0.25) is 0 Å². The van der Waals surface area contributed by atoms with Gasteiger partial charge in [0.15, 0.2) is 0 Å². The van der Waals surface area contributed by atoms with Crippen LogP contribution in [0.2, 0.25) is 0 Å². The highest BCUT2D eigenvalue weighted by molar-refractivity contribution is 5.18. The summed E-state index contributed by atoms with van der Waals surface area (Å²) in [7, 11) is 0. The van der Waals surface area contributed by atoms with Gasteiger partial charge in [-0.3, -0.25) is 0 Å². The van der Waals surface area contributed by atoms with Gasteiger partial charge in [-0.15, -0.1) is 0 Å². The average molecular weight is 317 g/mol. The minimum atomic E-state index is 0.702. The molecule has 3 unspecified atom stereocenters. The highest BCUT2D eigenvalue weighted by Gasteiger charge is 2.09. The first-order chi connectivity index (χ1) is 11.0. The molecule has 132 valence electrons. The standard InChI is InChI=1S/C23H40/c1-19(2)11-9-12-20(3)13-10-14-21(4)17-18-22(5)23-15-7-6-8-16-23/h6-8,15-16,19-22H,9-14,17-18H2,1-5H3. The fourth-order valence-corrected chi connectivity index (χ4v) is 3.46. The monoisotopic (exact) mass is 316 g/mol. The minimum absolute atomic E-state index is 0.702. The second kappa shape index (κ2) is 11.7. The molecule has 1 aromatic rings. The van der Waals surface area contributed by atoms with Crippen LogP contribution in [0.5, 0.6) is 0 Å². The van der Waals surface area contributed by atoms with Gasteiger partial charge >= 0.3 is 0 Å². The van der Waals surface area contributed by atoms with Gasteiger partial charge in [0.25, 0.3) is 0 Å². The first kappa shape index (κ1) is 20.3. The van der Waals surface area contributed by atoms with Crippen molar-refractivity contribution < 1.29 is 0 Å². The topological polar surface area (TPSA) is 0 Å². The Morgan fingerprint density at radius 1 is 0.609 bits per heavy atom. The molecule has 0 bridgehead atoms. The van der Waals surface area contributed by atoms with E-state index in [1.165, 1.54) is 56.9 Å². The zero-order valence-electron chi connectivity index (χ0n) is 16.4. The summed E-state index contributed by atoms with van der Waals surface area (Å²) >= 11 is 0. The molecule has 0 amide bonds. The molecule has 1 rings (SSSR count). The Kier molecular flexibility index (Phi) is 10.3. The summed E-state index contributed by atoms with van der Waals surface area (Å²) in [6.07, 6.45) is 11.2. The van der Waals surface area contributed by atoms with Crippen molar-refractivity contribution in [2.75, 3.05) is 0 Å². The van der Waals surface area contributed by atoms with Crippen LogP contribution in [-0.2, 0) is 0 Å². The molecule has 0 N–H and O–H groups in total. The summed E-state index contributed by atoms with van der Waals surface area (Å²) in [5.41, 5.74) is 1.50. The number of benzene rings is 1. The first-order valence-corrected chi connectivity index (χ1v) is 10.0. The summed E-state index contributed by atoms with van der Waals surface area (Å²) in [5, 5.41) is 0. The Bertz CT molecular complexity index is 378. The molecule has 0 radical (unpaired) electrons. The molecule has 23 heavy (non-hydrogen) atoms. The lowest BCUT2D eigenvalue weighted by Crippen LogP contribution is -2.02. The van der Waals surface area contributed by atoms with Crippen LogP contribution in [0.1, 0.15) is 97.5 Å². The molecule has 0 aliphatic heterocycles. The minimum Gasteiger partial charge on any atom is -0.0628 e. The van der Waals surface area contributed by atoms with Crippen LogP contribution in [0.15, 0.2) is 30.3 Å². The van der Waals surface area contributed by atoms with Crippen LogP contribution in [0, 0.1) is 17.8 Å². The van der Waals surface area contributed by atoms with Gasteiger partial charge < -0.3 is 0 Å². The van der Waals surface area contributed by atoms with E-state index in [0.29, 0.717) is 5.92 Å². The third-order valence-corrected chi connectivity index (χ3v) is 5.33. The van der Waals surface area contributed by atoms with Crippen molar-refractivity contribution in [3.8, 4) is 0 Å². The van der Waals surface area contributed by atoms with Crippen LogP contribution in [0.3, 0.4) is 0 Å². The lowest BCUT2D eigenvalue weighted by atomic mass is 9.89. The molecule has 0 spiro atoms. The molecule has 1 aromatic carbocycles. The van der Waals surface area contributed by atoms with Gasteiger partial charge in [-0.25, -0.2) is 0 Å². The van der Waals surface area contributed by atoms with E-state index in [4.69, 9.17) is 0 Å². The quantitative estimate of drug-likeness (QED) is 0.368. The van der Waals surface area contributed by atoms with Crippen molar-refractivity contribution in [1.29, 1.82) is 0 Å². The van der Waals surface area contributed by atoms with Crippen molar-refractivity contribution in [2.24, 2.45) is 17.8 Å². The highest BCUT2D eigenvalue weighted by Crippen LogP contribution is 2.25. The summed E-state index contributed by atoms with van der Waals surface area (Å²) in [6.45, 7) is 11.9. The van der Waals surface area contributed by atoms with Crippen molar-refractivity contribution in [3.63, 3.8) is 0 Å². The van der Waals surface area contributed by atoms with Crippen LogP contribution in [-0.4, -0.2) is 0 Å². The predicted octanol–water partition coefficient (Wildman–Crippen LogP) is 7.84. The molecule has 0 fully saturated rings. The fraction of sp³-hybridized carbons (Fsp3) is 0.739. The normalized spacial score (nSPS) is 15.6. The van der Waals surface area contributed by atoms with Crippen molar-refractivity contribution >= 4 is 0 Å². The fourth-order valence-electron chi connectivity index (χ4n) is 3.46. The second-order valence-corrected chi connectivity index (χ2v) is 8.36. The van der Waals surface area contributed by atoms with Gasteiger partial charge in [0.1, 0.15) is 0 Å². The van der Waals surface area contributed by atoms with Crippen LogP contribution in [0.4, 0.5) is 0 Å². The van der Waals surface area contributed by atoms with E-state index in [9.17, 15) is 0 Å². The number of hydrogen-bond donors (Lipinski definition) is 0. The smallest absolute Gasteiger partial charge is 0.0190 e.